The third-order valence-electron chi connectivity index (χ3n) is 4.66. The van der Waals surface area contributed by atoms with Gasteiger partial charge >= 0.3 is 0 Å². The molecule has 0 aliphatic carbocycles. The molecule has 4 rings (SSSR count). The number of aromatic nitrogens is 3. The standard InChI is InChI=1S/C24H22N4OS/c1-16(2)28-15-18(13-14-20(28)29)22-21(17-9-5-3-6-10-17)26-23(25)24(27-22)30-19-11-7-4-8-12-19/h3-16H,1-2H3,(H2,25,26). The van der Waals surface area contributed by atoms with E-state index < -0.39 is 0 Å². The van der Waals surface area contributed by atoms with Gasteiger partial charge in [-0.2, -0.15) is 0 Å². The highest BCUT2D eigenvalue weighted by Gasteiger charge is 2.17. The van der Waals surface area contributed by atoms with E-state index in [0.29, 0.717) is 22.2 Å². The molecule has 0 amide bonds. The third-order valence-corrected chi connectivity index (χ3v) is 5.66. The average Bonchev–Trinajstić information content (AvgIpc) is 2.76. The Morgan fingerprint density at radius 3 is 2.13 bits per heavy atom. The number of nitrogens with two attached hydrogens (primary N) is 1. The molecule has 2 heterocycles. The van der Waals surface area contributed by atoms with E-state index in [4.69, 9.17) is 15.7 Å². The molecule has 2 aromatic carbocycles. The minimum Gasteiger partial charge on any atom is -0.381 e. The summed E-state index contributed by atoms with van der Waals surface area (Å²) in [6, 6.07) is 23.2. The van der Waals surface area contributed by atoms with Crippen molar-refractivity contribution in [2.75, 3.05) is 5.73 Å². The predicted molar refractivity (Wildman–Crippen MR) is 123 cm³/mol. The summed E-state index contributed by atoms with van der Waals surface area (Å²) in [5, 5.41) is 0.637. The molecule has 0 spiro atoms. The van der Waals surface area contributed by atoms with Crippen molar-refractivity contribution >= 4 is 17.6 Å². The molecule has 6 heteroatoms. The van der Waals surface area contributed by atoms with E-state index in [1.165, 1.54) is 11.8 Å². The summed E-state index contributed by atoms with van der Waals surface area (Å²) in [7, 11) is 0. The molecule has 2 aromatic heterocycles. The van der Waals surface area contributed by atoms with Gasteiger partial charge in [0.05, 0.1) is 11.4 Å². The molecular weight excluding hydrogens is 392 g/mol. The molecular formula is C24H22N4OS. The first-order valence-electron chi connectivity index (χ1n) is 9.71. The molecule has 0 saturated heterocycles. The lowest BCUT2D eigenvalue weighted by Gasteiger charge is -2.15. The molecule has 0 unspecified atom stereocenters. The van der Waals surface area contributed by atoms with E-state index in [-0.39, 0.29) is 11.6 Å². The lowest BCUT2D eigenvalue weighted by atomic mass is 10.1. The predicted octanol–water partition coefficient (Wildman–Crippen LogP) is 5.29. The summed E-state index contributed by atoms with van der Waals surface area (Å²) in [5.74, 6) is 0.378. The molecule has 0 saturated carbocycles. The molecule has 0 fully saturated rings. The summed E-state index contributed by atoms with van der Waals surface area (Å²) >= 11 is 1.47. The normalized spacial score (nSPS) is 11.0. The second-order valence-electron chi connectivity index (χ2n) is 7.15. The zero-order chi connectivity index (χ0) is 21.1. The van der Waals surface area contributed by atoms with Gasteiger partial charge in [-0.15, -0.1) is 0 Å². The van der Waals surface area contributed by atoms with E-state index in [9.17, 15) is 4.79 Å². The molecule has 0 aliphatic heterocycles. The topological polar surface area (TPSA) is 73.8 Å². The van der Waals surface area contributed by atoms with Crippen LogP contribution in [-0.4, -0.2) is 14.5 Å². The third kappa shape index (κ3) is 4.14. The van der Waals surface area contributed by atoms with Gasteiger partial charge in [-0.05, 0) is 32.0 Å². The van der Waals surface area contributed by atoms with Gasteiger partial charge in [0.25, 0.3) is 5.56 Å². The monoisotopic (exact) mass is 414 g/mol. The summed E-state index contributed by atoms with van der Waals surface area (Å²) in [4.78, 5) is 22.9. The fraction of sp³-hybridized carbons (Fsp3) is 0.125. The van der Waals surface area contributed by atoms with Gasteiger partial charge in [0.1, 0.15) is 5.03 Å². The van der Waals surface area contributed by atoms with E-state index in [1.54, 1.807) is 16.7 Å². The highest BCUT2D eigenvalue weighted by molar-refractivity contribution is 7.99. The van der Waals surface area contributed by atoms with Crippen LogP contribution in [0.2, 0.25) is 0 Å². The van der Waals surface area contributed by atoms with Gasteiger partial charge in [0.15, 0.2) is 5.82 Å². The van der Waals surface area contributed by atoms with Crippen LogP contribution in [0.4, 0.5) is 5.82 Å². The average molecular weight is 415 g/mol. The number of hydrogen-bond donors (Lipinski definition) is 1. The van der Waals surface area contributed by atoms with Gasteiger partial charge in [-0.1, -0.05) is 60.3 Å². The smallest absolute Gasteiger partial charge is 0.250 e. The molecule has 0 bridgehead atoms. The Bertz CT molecular complexity index is 1220. The van der Waals surface area contributed by atoms with Crippen LogP contribution in [0.5, 0.6) is 0 Å². The molecule has 4 aromatic rings. The Morgan fingerprint density at radius 2 is 1.47 bits per heavy atom. The zero-order valence-electron chi connectivity index (χ0n) is 16.8. The first-order chi connectivity index (χ1) is 14.5. The molecule has 0 aliphatic rings. The second kappa shape index (κ2) is 8.55. The van der Waals surface area contributed by atoms with Gasteiger partial charge in [0.2, 0.25) is 0 Å². The maximum absolute atomic E-state index is 12.3. The van der Waals surface area contributed by atoms with Crippen molar-refractivity contribution in [2.24, 2.45) is 0 Å². The molecule has 150 valence electrons. The lowest BCUT2D eigenvalue weighted by molar-refractivity contribution is 0.579. The Hall–Kier alpha value is -3.38. The first kappa shape index (κ1) is 19.9. The van der Waals surface area contributed by atoms with Gasteiger partial charge in [-0.3, -0.25) is 4.79 Å². The van der Waals surface area contributed by atoms with Gasteiger partial charge in [-0.25, -0.2) is 9.97 Å². The summed E-state index contributed by atoms with van der Waals surface area (Å²) < 4.78 is 1.70. The highest BCUT2D eigenvalue weighted by atomic mass is 32.2. The fourth-order valence-electron chi connectivity index (χ4n) is 3.15. The minimum absolute atomic E-state index is 0.0394. The van der Waals surface area contributed by atoms with Gasteiger partial charge in [0, 0.05) is 34.3 Å². The Kier molecular flexibility index (Phi) is 5.68. The van der Waals surface area contributed by atoms with E-state index in [2.05, 4.69) is 0 Å². The van der Waals surface area contributed by atoms with Crippen LogP contribution in [0.3, 0.4) is 0 Å². The number of nitrogens with zero attached hydrogens (tertiary/aromatic N) is 3. The van der Waals surface area contributed by atoms with E-state index in [0.717, 1.165) is 16.0 Å². The summed E-state index contributed by atoms with van der Waals surface area (Å²) in [6.07, 6.45) is 1.84. The first-order valence-corrected chi connectivity index (χ1v) is 10.5. The number of rotatable bonds is 5. The Morgan fingerprint density at radius 1 is 0.833 bits per heavy atom. The molecule has 5 nitrogen and oxygen atoms in total. The van der Waals surface area contributed by atoms with Crippen molar-refractivity contribution < 1.29 is 0 Å². The fourth-order valence-corrected chi connectivity index (χ4v) is 3.96. The van der Waals surface area contributed by atoms with E-state index >= 15 is 0 Å². The van der Waals surface area contributed by atoms with Crippen LogP contribution in [-0.2, 0) is 0 Å². The van der Waals surface area contributed by atoms with Gasteiger partial charge < -0.3 is 10.3 Å². The van der Waals surface area contributed by atoms with Crippen molar-refractivity contribution in [3.05, 3.63) is 89.3 Å². The summed E-state index contributed by atoms with van der Waals surface area (Å²) in [5.41, 5.74) is 9.40. The van der Waals surface area contributed by atoms with Crippen LogP contribution < -0.4 is 11.3 Å². The minimum atomic E-state index is -0.0442. The second-order valence-corrected chi connectivity index (χ2v) is 8.21. The number of hydrogen-bond acceptors (Lipinski definition) is 5. The van der Waals surface area contributed by atoms with Crippen molar-refractivity contribution in [3.63, 3.8) is 0 Å². The van der Waals surface area contributed by atoms with Crippen molar-refractivity contribution in [1.82, 2.24) is 14.5 Å². The van der Waals surface area contributed by atoms with Crippen LogP contribution >= 0.6 is 11.8 Å². The van der Waals surface area contributed by atoms with E-state index in [1.807, 2.05) is 80.7 Å². The maximum atomic E-state index is 12.3. The van der Waals surface area contributed by atoms with Crippen LogP contribution in [0.15, 0.2) is 93.7 Å². The largest absolute Gasteiger partial charge is 0.381 e. The van der Waals surface area contributed by atoms with Crippen LogP contribution in [0, 0.1) is 0 Å². The number of benzene rings is 2. The SMILES string of the molecule is CC(C)n1cc(-c2nc(Sc3ccccc3)c(N)nc2-c2ccccc2)ccc1=O. The van der Waals surface area contributed by atoms with Crippen molar-refractivity contribution in [1.29, 1.82) is 0 Å². The lowest BCUT2D eigenvalue weighted by Crippen LogP contribution is -2.20. The van der Waals surface area contributed by atoms with Crippen LogP contribution in [0.25, 0.3) is 22.5 Å². The van der Waals surface area contributed by atoms with Crippen molar-refractivity contribution in [3.8, 4) is 22.5 Å². The Balaban J connectivity index is 1.91. The summed E-state index contributed by atoms with van der Waals surface area (Å²) in [6.45, 7) is 3.96. The number of anilines is 1. The van der Waals surface area contributed by atoms with Crippen molar-refractivity contribution in [2.45, 2.75) is 29.8 Å². The molecule has 0 radical (unpaired) electrons. The number of pyridine rings is 1. The molecule has 2 N–H and O–H groups in total. The maximum Gasteiger partial charge on any atom is 0.250 e. The zero-order valence-corrected chi connectivity index (χ0v) is 17.6. The molecule has 0 atom stereocenters. The quantitative estimate of drug-likeness (QED) is 0.480. The highest BCUT2D eigenvalue weighted by Crippen LogP contribution is 2.36. The Labute approximate surface area is 179 Å². The molecule has 30 heavy (non-hydrogen) atoms. The number of nitrogen functional groups attached to an aromatic ring is 1. The van der Waals surface area contributed by atoms with Crippen LogP contribution in [0.1, 0.15) is 19.9 Å².